The van der Waals surface area contributed by atoms with Gasteiger partial charge in [-0.1, -0.05) is 44.2 Å². The maximum Gasteiger partial charge on any atom is 0.241 e. The number of nitrogens with one attached hydrogen (secondary N) is 2. The lowest BCUT2D eigenvalue weighted by atomic mass is 10.1. The normalized spacial score (nSPS) is 12.6. The lowest BCUT2D eigenvalue weighted by molar-refractivity contribution is -0.122. The molecule has 0 heterocycles. The third kappa shape index (κ3) is 6.07. The summed E-state index contributed by atoms with van der Waals surface area (Å²) in [4.78, 5) is 12.8. The highest BCUT2D eigenvalue weighted by Gasteiger charge is 2.26. The van der Waals surface area contributed by atoms with Crippen molar-refractivity contribution >= 4 is 15.9 Å². The predicted octanol–water partition coefficient (Wildman–Crippen LogP) is 2.67. The van der Waals surface area contributed by atoms with Crippen molar-refractivity contribution in [2.45, 2.75) is 38.1 Å². The minimum atomic E-state index is -3.88. The highest BCUT2D eigenvalue weighted by molar-refractivity contribution is 7.89. The van der Waals surface area contributed by atoms with Crippen molar-refractivity contribution in [1.29, 1.82) is 0 Å². The Labute approximate surface area is 167 Å². The number of ether oxygens (including phenoxy) is 1. The van der Waals surface area contributed by atoms with E-state index in [2.05, 4.69) is 10.0 Å². The Bertz CT molecular complexity index is 896. The Balaban J connectivity index is 2.26. The van der Waals surface area contributed by atoms with Crippen LogP contribution in [0.2, 0.25) is 0 Å². The van der Waals surface area contributed by atoms with Crippen LogP contribution in [0.1, 0.15) is 25.0 Å². The van der Waals surface area contributed by atoms with Crippen molar-refractivity contribution < 1.29 is 17.9 Å². The molecule has 0 radical (unpaired) electrons. The van der Waals surface area contributed by atoms with Gasteiger partial charge in [-0.05, 0) is 48.6 Å². The Kier molecular flexibility index (Phi) is 7.60. The van der Waals surface area contributed by atoms with Gasteiger partial charge in [0.2, 0.25) is 15.9 Å². The summed E-state index contributed by atoms with van der Waals surface area (Å²) in [6.45, 7) is 6.22. The van der Waals surface area contributed by atoms with E-state index in [9.17, 15) is 13.2 Å². The van der Waals surface area contributed by atoms with Crippen LogP contribution in [0.5, 0.6) is 5.75 Å². The highest BCUT2D eigenvalue weighted by atomic mass is 32.2. The van der Waals surface area contributed by atoms with Crippen LogP contribution in [0.15, 0.2) is 53.4 Å². The molecular weight excluding hydrogens is 376 g/mol. The van der Waals surface area contributed by atoms with Gasteiger partial charge in [-0.3, -0.25) is 4.79 Å². The van der Waals surface area contributed by atoms with Crippen molar-refractivity contribution in [2.24, 2.45) is 5.92 Å². The number of sulfonamides is 1. The zero-order valence-electron chi connectivity index (χ0n) is 16.7. The fourth-order valence-corrected chi connectivity index (χ4v) is 4.02. The van der Waals surface area contributed by atoms with Gasteiger partial charge in [0.25, 0.3) is 0 Å². The molecule has 0 aliphatic carbocycles. The third-order valence-electron chi connectivity index (χ3n) is 4.26. The predicted molar refractivity (Wildman–Crippen MR) is 110 cm³/mol. The molecule has 0 spiro atoms. The number of hydrogen-bond donors (Lipinski definition) is 2. The average Bonchev–Trinajstić information content (AvgIpc) is 2.66. The summed E-state index contributed by atoms with van der Waals surface area (Å²) in [6, 6.07) is 13.0. The molecule has 0 aliphatic rings. The van der Waals surface area contributed by atoms with Gasteiger partial charge in [0, 0.05) is 6.54 Å². The van der Waals surface area contributed by atoms with Crippen LogP contribution in [-0.4, -0.2) is 34.0 Å². The molecule has 2 aromatic rings. The summed E-state index contributed by atoms with van der Waals surface area (Å²) in [5, 5.41) is 2.82. The molecular formula is C21H28N2O4S. The van der Waals surface area contributed by atoms with Crippen molar-refractivity contribution in [3.05, 3.63) is 59.7 Å². The molecule has 2 N–H and O–H groups in total. The van der Waals surface area contributed by atoms with E-state index >= 15 is 0 Å². The van der Waals surface area contributed by atoms with Crippen LogP contribution in [0.25, 0.3) is 0 Å². The monoisotopic (exact) mass is 404 g/mol. The molecule has 0 aromatic heterocycles. The lowest BCUT2D eigenvalue weighted by Crippen LogP contribution is -2.48. The van der Waals surface area contributed by atoms with E-state index in [1.807, 2.05) is 44.2 Å². The molecule has 28 heavy (non-hydrogen) atoms. The second-order valence-corrected chi connectivity index (χ2v) is 8.85. The molecule has 2 aromatic carbocycles. The lowest BCUT2D eigenvalue weighted by Gasteiger charge is -2.20. The maximum atomic E-state index is 12.9. The van der Waals surface area contributed by atoms with Crippen molar-refractivity contribution in [3.8, 4) is 5.75 Å². The van der Waals surface area contributed by atoms with Crippen LogP contribution in [0, 0.1) is 12.8 Å². The van der Waals surface area contributed by atoms with E-state index in [4.69, 9.17) is 4.74 Å². The number of rotatable bonds is 9. The summed E-state index contributed by atoms with van der Waals surface area (Å²) < 4.78 is 33.5. The third-order valence-corrected chi connectivity index (χ3v) is 5.73. The Morgan fingerprint density at radius 2 is 1.79 bits per heavy atom. The van der Waals surface area contributed by atoms with Gasteiger partial charge in [0.05, 0.1) is 12.0 Å². The number of carbonyl (C=O) groups excluding carboxylic acids is 1. The summed E-state index contributed by atoms with van der Waals surface area (Å²) in [6.07, 6.45) is 0.263. The Hall–Kier alpha value is -2.38. The molecule has 2 rings (SSSR count). The fourth-order valence-electron chi connectivity index (χ4n) is 2.74. The average molecular weight is 405 g/mol. The van der Waals surface area contributed by atoms with Gasteiger partial charge in [0.15, 0.2) is 0 Å². The van der Waals surface area contributed by atoms with Crippen LogP contribution >= 0.6 is 0 Å². The van der Waals surface area contributed by atoms with Crippen molar-refractivity contribution in [1.82, 2.24) is 10.0 Å². The highest BCUT2D eigenvalue weighted by Crippen LogP contribution is 2.21. The minimum Gasteiger partial charge on any atom is -0.496 e. The standard InChI is InChI=1S/C21H28N2O4S/c1-15(2)14-22-21(24)19(13-17-8-6-5-7-9-17)23-28(25,26)18-10-11-20(27-4)16(3)12-18/h5-12,15,19,23H,13-14H2,1-4H3,(H,22,24). The molecule has 0 saturated heterocycles. The largest absolute Gasteiger partial charge is 0.496 e. The van der Waals surface area contributed by atoms with Crippen LogP contribution < -0.4 is 14.8 Å². The SMILES string of the molecule is COc1ccc(S(=O)(=O)NC(Cc2ccccc2)C(=O)NCC(C)C)cc1C. The Morgan fingerprint density at radius 3 is 2.36 bits per heavy atom. The molecule has 1 atom stereocenters. The second kappa shape index (κ2) is 9.71. The quantitative estimate of drug-likeness (QED) is 0.673. The molecule has 6 nitrogen and oxygen atoms in total. The van der Waals surface area contributed by atoms with E-state index in [0.29, 0.717) is 17.9 Å². The van der Waals surface area contributed by atoms with Gasteiger partial charge in [0.1, 0.15) is 11.8 Å². The van der Waals surface area contributed by atoms with E-state index in [-0.39, 0.29) is 23.1 Å². The van der Waals surface area contributed by atoms with Gasteiger partial charge in [-0.25, -0.2) is 8.42 Å². The minimum absolute atomic E-state index is 0.0977. The number of carbonyl (C=O) groups is 1. The molecule has 152 valence electrons. The molecule has 0 bridgehead atoms. The van der Waals surface area contributed by atoms with E-state index in [1.165, 1.54) is 19.2 Å². The van der Waals surface area contributed by atoms with Gasteiger partial charge < -0.3 is 10.1 Å². The van der Waals surface area contributed by atoms with Crippen molar-refractivity contribution in [3.63, 3.8) is 0 Å². The summed E-state index contributed by atoms with van der Waals surface area (Å²) in [7, 11) is -2.35. The first-order chi connectivity index (χ1) is 13.2. The summed E-state index contributed by atoms with van der Waals surface area (Å²) >= 11 is 0. The van der Waals surface area contributed by atoms with Crippen LogP contribution in [0.3, 0.4) is 0 Å². The second-order valence-electron chi connectivity index (χ2n) is 7.13. The smallest absolute Gasteiger partial charge is 0.241 e. The summed E-state index contributed by atoms with van der Waals surface area (Å²) in [5.41, 5.74) is 1.58. The van der Waals surface area contributed by atoms with Gasteiger partial charge >= 0.3 is 0 Å². The first-order valence-electron chi connectivity index (χ1n) is 9.21. The van der Waals surface area contributed by atoms with E-state index in [1.54, 1.807) is 13.0 Å². The van der Waals surface area contributed by atoms with E-state index in [0.717, 1.165) is 5.56 Å². The van der Waals surface area contributed by atoms with Crippen molar-refractivity contribution in [2.75, 3.05) is 13.7 Å². The molecule has 0 fully saturated rings. The maximum absolute atomic E-state index is 12.9. The van der Waals surface area contributed by atoms with Gasteiger partial charge in [-0.15, -0.1) is 0 Å². The molecule has 0 aliphatic heterocycles. The summed E-state index contributed by atoms with van der Waals surface area (Å²) in [5.74, 6) is 0.531. The number of benzene rings is 2. The first-order valence-corrected chi connectivity index (χ1v) is 10.7. The molecule has 1 unspecified atom stereocenters. The number of aryl methyl sites for hydroxylation is 1. The van der Waals surface area contributed by atoms with E-state index < -0.39 is 16.1 Å². The topological polar surface area (TPSA) is 84.5 Å². The Morgan fingerprint density at radius 1 is 1.11 bits per heavy atom. The number of hydrogen-bond acceptors (Lipinski definition) is 4. The zero-order chi connectivity index (χ0) is 20.7. The van der Waals surface area contributed by atoms with Gasteiger partial charge in [-0.2, -0.15) is 4.72 Å². The molecule has 0 saturated carbocycles. The van der Waals surface area contributed by atoms with Crippen LogP contribution in [-0.2, 0) is 21.2 Å². The number of methoxy groups -OCH3 is 1. The number of amides is 1. The first kappa shape index (κ1) is 21.9. The molecule has 1 amide bonds. The zero-order valence-corrected chi connectivity index (χ0v) is 17.5. The fraction of sp³-hybridized carbons (Fsp3) is 0.381. The van der Waals surface area contributed by atoms with Crippen LogP contribution in [0.4, 0.5) is 0 Å². The molecule has 7 heteroatoms.